The van der Waals surface area contributed by atoms with Gasteiger partial charge in [-0.2, -0.15) is 5.10 Å². The molecule has 2 aromatic rings. The molecule has 0 unspecified atom stereocenters. The molecule has 2 rings (SSSR count). The second-order valence-electron chi connectivity index (χ2n) is 4.42. The van der Waals surface area contributed by atoms with E-state index in [1.54, 1.807) is 26.3 Å². The lowest BCUT2D eigenvalue weighted by atomic mass is 10.1. The third kappa shape index (κ3) is 3.36. The summed E-state index contributed by atoms with van der Waals surface area (Å²) in [5, 5.41) is 7.95. The van der Waals surface area contributed by atoms with E-state index in [2.05, 4.69) is 10.4 Å². The van der Waals surface area contributed by atoms with Crippen LogP contribution in [0.1, 0.15) is 11.3 Å². The van der Waals surface area contributed by atoms with Crippen LogP contribution in [0.2, 0.25) is 5.02 Å². The number of aryl methyl sites for hydroxylation is 1. The monoisotopic (exact) mass is 297 g/mol. The van der Waals surface area contributed by atoms with Crippen molar-refractivity contribution in [1.82, 2.24) is 15.1 Å². The summed E-state index contributed by atoms with van der Waals surface area (Å²) in [6, 6.07) is 4.96. The van der Waals surface area contributed by atoms with E-state index >= 15 is 0 Å². The first-order valence-electron chi connectivity index (χ1n) is 6.32. The lowest BCUT2D eigenvalue weighted by molar-refractivity contribution is 0.199. The highest BCUT2D eigenvalue weighted by atomic mass is 35.5. The number of rotatable bonds is 6. The molecule has 108 valence electrons. The lowest BCUT2D eigenvalue weighted by Crippen LogP contribution is -2.20. The fourth-order valence-corrected chi connectivity index (χ4v) is 2.04. The molecular weight excluding hydrogens is 281 g/mol. The van der Waals surface area contributed by atoms with Gasteiger partial charge in [0.2, 0.25) is 0 Å². The Balaban J connectivity index is 2.26. The van der Waals surface area contributed by atoms with E-state index in [1.807, 2.05) is 6.07 Å². The van der Waals surface area contributed by atoms with Crippen LogP contribution >= 0.6 is 11.6 Å². The zero-order chi connectivity index (χ0) is 14.5. The van der Waals surface area contributed by atoms with Crippen LogP contribution in [0.5, 0.6) is 0 Å². The summed E-state index contributed by atoms with van der Waals surface area (Å²) in [5.74, 6) is -0.324. The van der Waals surface area contributed by atoms with Gasteiger partial charge in [0.25, 0.3) is 0 Å². The fourth-order valence-electron chi connectivity index (χ4n) is 1.91. The van der Waals surface area contributed by atoms with Crippen molar-refractivity contribution in [2.75, 3.05) is 20.3 Å². The van der Waals surface area contributed by atoms with E-state index < -0.39 is 0 Å². The van der Waals surface area contributed by atoms with Gasteiger partial charge in [0.1, 0.15) is 11.5 Å². The van der Waals surface area contributed by atoms with Crippen molar-refractivity contribution >= 4 is 11.6 Å². The van der Waals surface area contributed by atoms with E-state index in [-0.39, 0.29) is 5.82 Å². The zero-order valence-electron chi connectivity index (χ0n) is 11.5. The maximum Gasteiger partial charge on any atom is 0.149 e. The predicted octanol–water partition coefficient (Wildman–Crippen LogP) is 2.71. The van der Waals surface area contributed by atoms with Crippen LogP contribution in [0, 0.1) is 12.7 Å². The average molecular weight is 298 g/mol. The quantitative estimate of drug-likeness (QED) is 0.833. The Morgan fingerprint density at radius 2 is 2.25 bits per heavy atom. The van der Waals surface area contributed by atoms with Crippen molar-refractivity contribution in [3.63, 3.8) is 0 Å². The van der Waals surface area contributed by atoms with Gasteiger partial charge in [-0.05, 0) is 18.6 Å². The number of para-hydroxylation sites is 1. The Kier molecular flexibility index (Phi) is 5.11. The summed E-state index contributed by atoms with van der Waals surface area (Å²) >= 11 is 5.99. The smallest absolute Gasteiger partial charge is 0.149 e. The van der Waals surface area contributed by atoms with Crippen molar-refractivity contribution in [2.45, 2.75) is 13.5 Å². The molecule has 0 aliphatic heterocycles. The topological polar surface area (TPSA) is 39.1 Å². The Labute approximate surface area is 122 Å². The van der Waals surface area contributed by atoms with Gasteiger partial charge in [-0.25, -0.2) is 9.07 Å². The minimum Gasteiger partial charge on any atom is -0.383 e. The highest BCUT2D eigenvalue weighted by molar-refractivity contribution is 6.31. The van der Waals surface area contributed by atoms with Crippen molar-refractivity contribution in [3.8, 4) is 5.69 Å². The third-order valence-electron chi connectivity index (χ3n) is 2.94. The molecule has 1 aromatic heterocycles. The van der Waals surface area contributed by atoms with Crippen LogP contribution in [0.4, 0.5) is 4.39 Å². The first-order chi connectivity index (χ1) is 9.63. The number of methoxy groups -OCH3 is 1. The van der Waals surface area contributed by atoms with Crippen LogP contribution in [0.15, 0.2) is 24.4 Å². The Hall–Kier alpha value is -1.43. The second-order valence-corrected chi connectivity index (χ2v) is 4.83. The Morgan fingerprint density at radius 3 is 2.90 bits per heavy atom. The Morgan fingerprint density at radius 1 is 1.45 bits per heavy atom. The van der Waals surface area contributed by atoms with Gasteiger partial charge < -0.3 is 10.1 Å². The molecule has 0 fully saturated rings. The number of ether oxygens (including phenoxy) is 1. The highest BCUT2D eigenvalue weighted by Crippen LogP contribution is 2.22. The second kappa shape index (κ2) is 6.83. The summed E-state index contributed by atoms with van der Waals surface area (Å²) in [6.07, 6.45) is 1.62. The molecule has 0 amide bonds. The normalized spacial score (nSPS) is 11.0. The van der Waals surface area contributed by atoms with E-state index in [9.17, 15) is 4.39 Å². The van der Waals surface area contributed by atoms with E-state index in [0.29, 0.717) is 36.1 Å². The number of nitrogens with zero attached hydrogens (tertiary/aromatic N) is 2. The minimum absolute atomic E-state index is 0.324. The van der Waals surface area contributed by atoms with Gasteiger partial charge in [-0.1, -0.05) is 23.7 Å². The number of hydrogen-bond donors (Lipinski definition) is 1. The molecule has 1 heterocycles. The molecule has 0 aliphatic rings. The molecule has 0 saturated carbocycles. The van der Waals surface area contributed by atoms with Crippen LogP contribution in [0.3, 0.4) is 0 Å². The molecule has 0 radical (unpaired) electrons. The van der Waals surface area contributed by atoms with E-state index in [0.717, 1.165) is 5.56 Å². The molecule has 0 atom stereocenters. The largest absolute Gasteiger partial charge is 0.383 e. The minimum atomic E-state index is -0.324. The fraction of sp³-hybridized carbons (Fsp3) is 0.357. The maximum atomic E-state index is 14.1. The number of benzene rings is 1. The van der Waals surface area contributed by atoms with E-state index in [4.69, 9.17) is 16.3 Å². The first-order valence-corrected chi connectivity index (χ1v) is 6.70. The van der Waals surface area contributed by atoms with Crippen LogP contribution < -0.4 is 5.32 Å². The number of aromatic nitrogens is 2. The van der Waals surface area contributed by atoms with Crippen LogP contribution in [0.25, 0.3) is 5.69 Å². The SMILES string of the molecule is COCCNCc1cccc(F)c1-n1cc(Cl)c(C)n1. The molecule has 0 spiro atoms. The number of halogens is 2. The van der Waals surface area contributed by atoms with Gasteiger partial charge in [0.05, 0.1) is 17.3 Å². The molecule has 6 heteroatoms. The lowest BCUT2D eigenvalue weighted by Gasteiger charge is -2.11. The van der Waals surface area contributed by atoms with Crippen molar-refractivity contribution in [3.05, 3.63) is 46.5 Å². The third-order valence-corrected chi connectivity index (χ3v) is 3.31. The van der Waals surface area contributed by atoms with Gasteiger partial charge in [0.15, 0.2) is 0 Å². The first kappa shape index (κ1) is 15.0. The number of hydrogen-bond acceptors (Lipinski definition) is 3. The van der Waals surface area contributed by atoms with Crippen molar-refractivity contribution in [2.24, 2.45) is 0 Å². The summed E-state index contributed by atoms with van der Waals surface area (Å²) in [6.45, 7) is 3.63. The summed E-state index contributed by atoms with van der Waals surface area (Å²) in [4.78, 5) is 0. The maximum absolute atomic E-state index is 14.1. The van der Waals surface area contributed by atoms with Gasteiger partial charge in [0, 0.05) is 26.4 Å². The van der Waals surface area contributed by atoms with Crippen LogP contribution in [-0.4, -0.2) is 30.0 Å². The van der Waals surface area contributed by atoms with Gasteiger partial charge >= 0.3 is 0 Å². The standard InChI is InChI=1S/C14H17ClFN3O/c1-10-12(15)9-19(18-10)14-11(4-3-5-13(14)16)8-17-6-7-20-2/h3-5,9,17H,6-8H2,1-2H3. The number of nitrogens with one attached hydrogen (secondary N) is 1. The Bertz CT molecular complexity index is 566. The summed E-state index contributed by atoms with van der Waals surface area (Å²) in [7, 11) is 1.64. The molecule has 20 heavy (non-hydrogen) atoms. The van der Waals surface area contributed by atoms with Crippen molar-refractivity contribution in [1.29, 1.82) is 0 Å². The molecule has 1 N–H and O–H groups in total. The predicted molar refractivity (Wildman–Crippen MR) is 76.9 cm³/mol. The van der Waals surface area contributed by atoms with E-state index in [1.165, 1.54) is 10.7 Å². The average Bonchev–Trinajstić information content (AvgIpc) is 2.74. The molecule has 4 nitrogen and oxygen atoms in total. The molecular formula is C14H17ClFN3O. The molecule has 0 saturated heterocycles. The summed E-state index contributed by atoms with van der Waals surface area (Å²) in [5.41, 5.74) is 1.92. The van der Waals surface area contributed by atoms with Crippen LogP contribution in [-0.2, 0) is 11.3 Å². The highest BCUT2D eigenvalue weighted by Gasteiger charge is 2.13. The van der Waals surface area contributed by atoms with Gasteiger partial charge in [-0.15, -0.1) is 0 Å². The summed E-state index contributed by atoms with van der Waals surface area (Å²) < 4.78 is 20.5. The molecule has 0 bridgehead atoms. The van der Waals surface area contributed by atoms with Gasteiger partial charge in [-0.3, -0.25) is 0 Å². The van der Waals surface area contributed by atoms with Crippen molar-refractivity contribution < 1.29 is 9.13 Å². The molecule has 1 aromatic carbocycles. The zero-order valence-corrected chi connectivity index (χ0v) is 12.2. The molecule has 0 aliphatic carbocycles.